The van der Waals surface area contributed by atoms with Gasteiger partial charge in [0.15, 0.2) is 5.78 Å². The smallest absolute Gasteiger partial charge is 0.229 e. The van der Waals surface area contributed by atoms with Gasteiger partial charge < -0.3 is 10.4 Å². The lowest BCUT2D eigenvalue weighted by atomic mass is 9.97. The first-order valence-electron chi connectivity index (χ1n) is 10.6. The summed E-state index contributed by atoms with van der Waals surface area (Å²) in [7, 11) is 1.58. The van der Waals surface area contributed by atoms with E-state index in [9.17, 15) is 14.7 Å². The average molecular weight is 400 g/mol. The Hall–Kier alpha value is -2.34. The number of aromatic nitrogens is 2. The van der Waals surface area contributed by atoms with Crippen LogP contribution < -0.4 is 5.32 Å². The van der Waals surface area contributed by atoms with E-state index in [2.05, 4.69) is 29.4 Å². The van der Waals surface area contributed by atoms with Gasteiger partial charge in [0.1, 0.15) is 5.69 Å². The van der Waals surface area contributed by atoms with E-state index in [0.717, 1.165) is 18.8 Å². The fourth-order valence-electron chi connectivity index (χ4n) is 3.35. The predicted molar refractivity (Wildman–Crippen MR) is 115 cm³/mol. The number of allylic oxidation sites excluding steroid dienone is 2. The molecule has 1 aromatic heterocycles. The Morgan fingerprint density at radius 3 is 2.34 bits per heavy atom. The van der Waals surface area contributed by atoms with Crippen molar-refractivity contribution in [3.05, 3.63) is 40.9 Å². The van der Waals surface area contributed by atoms with Gasteiger partial charge in [-0.3, -0.25) is 9.59 Å². The predicted octanol–water partition coefficient (Wildman–Crippen LogP) is 4.11. The molecule has 6 heteroatoms. The zero-order valence-corrected chi connectivity index (χ0v) is 17.8. The number of likely N-dealkylation sites (N-methyl/N-ethyl adjacent to an activating group) is 1. The van der Waals surface area contributed by atoms with Gasteiger partial charge in [-0.2, -0.15) is 5.10 Å². The second kappa shape index (κ2) is 11.6. The van der Waals surface area contributed by atoms with Crippen molar-refractivity contribution in [3.8, 4) is 0 Å². The molecule has 2 rings (SSSR count). The first-order valence-corrected chi connectivity index (χ1v) is 10.6. The van der Waals surface area contributed by atoms with Gasteiger partial charge in [0.2, 0.25) is 5.78 Å². The Morgan fingerprint density at radius 1 is 1.03 bits per heavy atom. The molecule has 0 unspecified atom stereocenters. The molecule has 1 aromatic rings. The minimum Gasteiger partial charge on any atom is -0.389 e. The molecule has 0 saturated carbocycles. The molecular weight excluding hydrogens is 366 g/mol. The molecule has 0 radical (unpaired) electrons. The van der Waals surface area contributed by atoms with Gasteiger partial charge in [-0.05, 0) is 24.5 Å². The van der Waals surface area contributed by atoms with Crippen molar-refractivity contribution in [1.29, 1.82) is 0 Å². The van der Waals surface area contributed by atoms with E-state index in [1.54, 1.807) is 25.3 Å². The van der Waals surface area contributed by atoms with Crippen molar-refractivity contribution < 1.29 is 14.7 Å². The Labute approximate surface area is 173 Å². The van der Waals surface area contributed by atoms with Crippen LogP contribution in [0, 0.1) is 5.92 Å². The molecule has 0 spiro atoms. The topological polar surface area (TPSA) is 92.2 Å². The van der Waals surface area contributed by atoms with Crippen LogP contribution in [0.15, 0.2) is 23.9 Å². The molecule has 2 N–H and O–H groups in total. The standard InChI is InChI=1S/C23H33N3O3/c1-16(2)10-8-6-4-5-7-9-11-18(27)13-12-17-14-19-21(28)15-20(24-3)23(29)22(19)26-25-17/h12-16,18,24,27H,4-11H2,1-3H3/b13-12+/t18-/m1/s1. The molecule has 158 valence electrons. The molecular formula is C23H33N3O3. The molecule has 0 fully saturated rings. The van der Waals surface area contributed by atoms with Gasteiger partial charge in [-0.1, -0.05) is 64.9 Å². The normalized spacial score (nSPS) is 15.0. The molecule has 1 heterocycles. The van der Waals surface area contributed by atoms with Gasteiger partial charge in [0, 0.05) is 13.1 Å². The number of unbranched alkanes of at least 4 members (excludes halogenated alkanes) is 5. The fourth-order valence-corrected chi connectivity index (χ4v) is 3.35. The third-order valence-electron chi connectivity index (χ3n) is 5.10. The summed E-state index contributed by atoms with van der Waals surface area (Å²) in [5.41, 5.74) is 0.981. The number of hydrogen-bond acceptors (Lipinski definition) is 6. The summed E-state index contributed by atoms with van der Waals surface area (Å²) in [5.74, 6) is 0.175. The van der Waals surface area contributed by atoms with E-state index >= 15 is 0 Å². The minimum absolute atomic E-state index is 0.0629. The lowest BCUT2D eigenvalue weighted by Gasteiger charge is -2.13. The number of aliphatic hydroxyl groups excluding tert-OH is 1. The van der Waals surface area contributed by atoms with E-state index in [1.165, 1.54) is 38.2 Å². The summed E-state index contributed by atoms with van der Waals surface area (Å²) in [6.45, 7) is 4.53. The van der Waals surface area contributed by atoms with Crippen LogP contribution in [-0.2, 0) is 0 Å². The molecule has 0 amide bonds. The SMILES string of the molecule is CNC1=CC(=O)c2cc(/C=C/[C@H](O)CCCCCCCCC(C)C)nnc2C1=O. The van der Waals surface area contributed by atoms with Crippen LogP contribution >= 0.6 is 0 Å². The summed E-state index contributed by atoms with van der Waals surface area (Å²) < 4.78 is 0. The van der Waals surface area contributed by atoms with Gasteiger partial charge in [0.25, 0.3) is 0 Å². The Bertz CT molecular complexity index is 769. The van der Waals surface area contributed by atoms with E-state index < -0.39 is 6.10 Å². The highest BCUT2D eigenvalue weighted by Gasteiger charge is 2.27. The molecule has 6 nitrogen and oxygen atoms in total. The Morgan fingerprint density at radius 2 is 1.69 bits per heavy atom. The van der Waals surface area contributed by atoms with Crippen molar-refractivity contribution >= 4 is 17.6 Å². The van der Waals surface area contributed by atoms with Crippen LogP contribution in [0.25, 0.3) is 6.08 Å². The van der Waals surface area contributed by atoms with Crippen molar-refractivity contribution in [2.45, 2.75) is 71.3 Å². The number of aliphatic hydroxyl groups is 1. The first-order chi connectivity index (χ1) is 13.9. The molecule has 0 aromatic carbocycles. The van der Waals surface area contributed by atoms with Gasteiger partial charge in [-0.15, -0.1) is 5.10 Å². The third kappa shape index (κ3) is 7.20. The van der Waals surface area contributed by atoms with Gasteiger partial charge in [-0.25, -0.2) is 0 Å². The van der Waals surface area contributed by atoms with Crippen LogP contribution in [0.3, 0.4) is 0 Å². The lowest BCUT2D eigenvalue weighted by Crippen LogP contribution is -2.26. The number of ketones is 2. The number of nitrogens with zero attached hydrogens (tertiary/aromatic N) is 2. The fraction of sp³-hybridized carbons (Fsp3) is 0.565. The molecule has 0 saturated heterocycles. The highest BCUT2D eigenvalue weighted by Crippen LogP contribution is 2.19. The maximum absolute atomic E-state index is 12.2. The maximum Gasteiger partial charge on any atom is 0.229 e. The minimum atomic E-state index is -0.554. The van der Waals surface area contributed by atoms with Crippen LogP contribution in [0.2, 0.25) is 0 Å². The summed E-state index contributed by atoms with van der Waals surface area (Å²) in [6, 6.07) is 1.55. The second-order valence-corrected chi connectivity index (χ2v) is 8.05. The molecule has 1 aliphatic rings. The first kappa shape index (κ1) is 22.9. The number of carbonyl (C=O) groups excluding carboxylic acids is 2. The van der Waals surface area contributed by atoms with Crippen LogP contribution in [0.4, 0.5) is 0 Å². The van der Waals surface area contributed by atoms with Crippen molar-refractivity contribution in [2.75, 3.05) is 7.05 Å². The summed E-state index contributed by atoms with van der Waals surface area (Å²) in [4.78, 5) is 24.4. The zero-order chi connectivity index (χ0) is 21.2. The van der Waals surface area contributed by atoms with Crippen LogP contribution in [-0.4, -0.2) is 40.0 Å². The van der Waals surface area contributed by atoms with Gasteiger partial charge >= 0.3 is 0 Å². The molecule has 1 atom stereocenters. The summed E-state index contributed by atoms with van der Waals surface area (Å²) in [5, 5.41) is 20.7. The highest BCUT2D eigenvalue weighted by molar-refractivity contribution is 6.23. The molecule has 29 heavy (non-hydrogen) atoms. The highest BCUT2D eigenvalue weighted by atomic mass is 16.3. The van der Waals surface area contributed by atoms with Crippen LogP contribution in [0.5, 0.6) is 0 Å². The number of nitrogens with one attached hydrogen (secondary N) is 1. The van der Waals surface area contributed by atoms with E-state index in [0.29, 0.717) is 12.1 Å². The van der Waals surface area contributed by atoms with E-state index in [-0.39, 0.29) is 28.5 Å². The molecule has 1 aliphatic carbocycles. The molecule has 0 aliphatic heterocycles. The quantitative estimate of drug-likeness (QED) is 0.514. The number of Topliss-reactive ketones (excluding diaryl/α,β-unsaturated/α-hetero) is 1. The van der Waals surface area contributed by atoms with E-state index in [4.69, 9.17) is 0 Å². The number of fused-ring (bicyclic) bond motifs is 1. The van der Waals surface area contributed by atoms with Crippen molar-refractivity contribution in [2.24, 2.45) is 5.92 Å². The monoisotopic (exact) mass is 399 g/mol. The van der Waals surface area contributed by atoms with Crippen molar-refractivity contribution in [1.82, 2.24) is 15.5 Å². The van der Waals surface area contributed by atoms with Crippen LogP contribution in [0.1, 0.15) is 91.8 Å². The average Bonchev–Trinajstić information content (AvgIpc) is 2.70. The van der Waals surface area contributed by atoms with E-state index in [1.807, 2.05) is 0 Å². The second-order valence-electron chi connectivity index (χ2n) is 8.05. The maximum atomic E-state index is 12.2. The number of hydrogen-bond donors (Lipinski definition) is 2. The largest absolute Gasteiger partial charge is 0.389 e. The molecule has 0 bridgehead atoms. The Kier molecular flexibility index (Phi) is 9.19. The van der Waals surface area contributed by atoms with Crippen molar-refractivity contribution in [3.63, 3.8) is 0 Å². The number of carbonyl (C=O) groups is 2. The zero-order valence-electron chi connectivity index (χ0n) is 17.8. The Balaban J connectivity index is 1.76. The summed E-state index contributed by atoms with van der Waals surface area (Å²) in [6.07, 6.45) is 13.2. The third-order valence-corrected chi connectivity index (χ3v) is 5.10. The summed E-state index contributed by atoms with van der Waals surface area (Å²) >= 11 is 0. The number of rotatable bonds is 12. The lowest BCUT2D eigenvalue weighted by molar-refractivity contribution is 0.0974. The van der Waals surface area contributed by atoms with Gasteiger partial charge in [0.05, 0.1) is 23.1 Å².